The summed E-state index contributed by atoms with van der Waals surface area (Å²) in [5, 5.41) is 0. The molecule has 0 aromatic heterocycles. The number of benzene rings is 2. The molecule has 20 heavy (non-hydrogen) atoms. The molecule has 0 aliphatic rings. The van der Waals surface area contributed by atoms with Crippen LogP contribution in [0.25, 0.3) is 0 Å². The summed E-state index contributed by atoms with van der Waals surface area (Å²) in [6.07, 6.45) is 0.775. The first-order valence-corrected chi connectivity index (χ1v) is 6.62. The van der Waals surface area contributed by atoms with Gasteiger partial charge in [0.2, 0.25) is 5.75 Å². The number of methoxy groups -OCH3 is 2. The van der Waals surface area contributed by atoms with Gasteiger partial charge in [0.15, 0.2) is 17.8 Å². The van der Waals surface area contributed by atoms with Crippen molar-refractivity contribution in [1.29, 1.82) is 0 Å². The van der Waals surface area contributed by atoms with Crippen LogP contribution < -0.4 is 14.2 Å². The molecule has 2 aromatic rings. The fraction of sp³-hybridized carbons (Fsp3) is 0.133. The van der Waals surface area contributed by atoms with E-state index in [-0.39, 0.29) is 0 Å². The van der Waals surface area contributed by atoms with E-state index >= 15 is 0 Å². The molecule has 0 atom stereocenters. The SMILES string of the molecule is COc1cccc(OC)c1Oc1ccc(C=O)c(Br)c1. The Bertz CT molecular complexity index is 603. The zero-order chi connectivity index (χ0) is 14.5. The van der Waals surface area contributed by atoms with Crippen molar-refractivity contribution in [1.82, 2.24) is 0 Å². The third-order valence-electron chi connectivity index (χ3n) is 2.70. The van der Waals surface area contributed by atoms with Crippen LogP contribution in [-0.2, 0) is 0 Å². The van der Waals surface area contributed by atoms with Crippen molar-refractivity contribution in [2.24, 2.45) is 0 Å². The highest BCUT2D eigenvalue weighted by Gasteiger charge is 2.13. The lowest BCUT2D eigenvalue weighted by Gasteiger charge is -2.14. The van der Waals surface area contributed by atoms with Gasteiger partial charge in [-0.05, 0) is 46.3 Å². The molecule has 0 radical (unpaired) electrons. The second kappa shape index (κ2) is 6.43. The molecule has 104 valence electrons. The molecule has 0 bridgehead atoms. The van der Waals surface area contributed by atoms with Gasteiger partial charge < -0.3 is 14.2 Å². The molecule has 2 rings (SSSR count). The Morgan fingerprint density at radius 1 is 1.05 bits per heavy atom. The van der Waals surface area contributed by atoms with Crippen LogP contribution in [0.2, 0.25) is 0 Å². The van der Waals surface area contributed by atoms with Gasteiger partial charge in [-0.2, -0.15) is 0 Å². The molecule has 0 unspecified atom stereocenters. The Balaban J connectivity index is 2.38. The number of para-hydroxylation sites is 1. The minimum absolute atomic E-state index is 0.489. The number of rotatable bonds is 5. The molecular formula is C15H13BrO4. The smallest absolute Gasteiger partial charge is 0.210 e. The predicted octanol–water partition coefficient (Wildman–Crippen LogP) is 4.07. The fourth-order valence-corrected chi connectivity index (χ4v) is 2.15. The van der Waals surface area contributed by atoms with Crippen molar-refractivity contribution in [3.63, 3.8) is 0 Å². The van der Waals surface area contributed by atoms with E-state index in [1.165, 1.54) is 0 Å². The summed E-state index contributed by atoms with van der Waals surface area (Å²) in [6, 6.07) is 10.5. The molecule has 0 fully saturated rings. The van der Waals surface area contributed by atoms with Gasteiger partial charge in [-0.3, -0.25) is 4.79 Å². The Hall–Kier alpha value is -2.01. The molecule has 5 heteroatoms. The maximum absolute atomic E-state index is 10.8. The third-order valence-corrected chi connectivity index (χ3v) is 3.39. The maximum atomic E-state index is 10.8. The minimum Gasteiger partial charge on any atom is -0.493 e. The van der Waals surface area contributed by atoms with Crippen molar-refractivity contribution < 1.29 is 19.0 Å². The van der Waals surface area contributed by atoms with Gasteiger partial charge in [-0.25, -0.2) is 0 Å². The van der Waals surface area contributed by atoms with Gasteiger partial charge in [-0.1, -0.05) is 6.07 Å². The summed E-state index contributed by atoms with van der Waals surface area (Å²) in [5.41, 5.74) is 0.560. The number of hydrogen-bond donors (Lipinski definition) is 0. The summed E-state index contributed by atoms with van der Waals surface area (Å²) in [6.45, 7) is 0. The topological polar surface area (TPSA) is 44.8 Å². The van der Waals surface area contributed by atoms with Crippen molar-refractivity contribution in [2.75, 3.05) is 14.2 Å². The van der Waals surface area contributed by atoms with Crippen molar-refractivity contribution in [2.45, 2.75) is 0 Å². The second-order valence-corrected chi connectivity index (χ2v) is 4.75. The van der Waals surface area contributed by atoms with Crippen LogP contribution in [0, 0.1) is 0 Å². The lowest BCUT2D eigenvalue weighted by atomic mass is 10.2. The van der Waals surface area contributed by atoms with Gasteiger partial charge >= 0.3 is 0 Å². The average Bonchev–Trinajstić information content (AvgIpc) is 2.47. The first-order chi connectivity index (χ1) is 9.69. The fourth-order valence-electron chi connectivity index (χ4n) is 1.70. The van der Waals surface area contributed by atoms with Crippen molar-refractivity contribution in [3.8, 4) is 23.0 Å². The number of ether oxygens (including phenoxy) is 3. The first kappa shape index (κ1) is 14.4. The van der Waals surface area contributed by atoms with E-state index in [4.69, 9.17) is 14.2 Å². The number of hydrogen-bond acceptors (Lipinski definition) is 4. The minimum atomic E-state index is 0.489. The monoisotopic (exact) mass is 336 g/mol. The molecule has 0 heterocycles. The first-order valence-electron chi connectivity index (χ1n) is 5.83. The quantitative estimate of drug-likeness (QED) is 0.772. The van der Waals surface area contributed by atoms with E-state index in [0.29, 0.717) is 33.0 Å². The molecule has 0 N–H and O–H groups in total. The molecular weight excluding hydrogens is 324 g/mol. The van der Waals surface area contributed by atoms with E-state index in [0.717, 1.165) is 6.29 Å². The van der Waals surface area contributed by atoms with Gasteiger partial charge in [0.25, 0.3) is 0 Å². The Kier molecular flexibility index (Phi) is 4.63. The Morgan fingerprint density at radius 2 is 1.70 bits per heavy atom. The van der Waals surface area contributed by atoms with Crippen LogP contribution in [0.1, 0.15) is 10.4 Å². The zero-order valence-electron chi connectivity index (χ0n) is 11.1. The largest absolute Gasteiger partial charge is 0.493 e. The standard InChI is InChI=1S/C15H13BrO4/c1-18-13-4-3-5-14(19-2)15(13)20-11-7-6-10(9-17)12(16)8-11/h3-9H,1-2H3. The summed E-state index contributed by atoms with van der Waals surface area (Å²) in [5.74, 6) is 2.20. The number of aldehydes is 1. The molecule has 0 aliphatic heterocycles. The van der Waals surface area contributed by atoms with Crippen LogP contribution in [0.4, 0.5) is 0 Å². The number of carbonyl (C=O) groups excluding carboxylic acids is 1. The van der Waals surface area contributed by atoms with Crippen molar-refractivity contribution >= 4 is 22.2 Å². The average molecular weight is 337 g/mol. The molecule has 0 saturated heterocycles. The molecule has 2 aromatic carbocycles. The summed E-state index contributed by atoms with van der Waals surface area (Å²) in [4.78, 5) is 10.8. The third kappa shape index (κ3) is 2.93. The van der Waals surface area contributed by atoms with E-state index in [1.54, 1.807) is 44.6 Å². The van der Waals surface area contributed by atoms with Crippen LogP contribution in [0.3, 0.4) is 0 Å². The predicted molar refractivity (Wildman–Crippen MR) is 79.1 cm³/mol. The van der Waals surface area contributed by atoms with Crippen LogP contribution in [0.15, 0.2) is 40.9 Å². The highest BCUT2D eigenvalue weighted by atomic mass is 79.9. The number of carbonyl (C=O) groups is 1. The van der Waals surface area contributed by atoms with E-state index < -0.39 is 0 Å². The van der Waals surface area contributed by atoms with E-state index in [1.807, 2.05) is 6.07 Å². The summed E-state index contributed by atoms with van der Waals surface area (Å²) in [7, 11) is 3.13. The van der Waals surface area contributed by atoms with Gasteiger partial charge in [0.05, 0.1) is 14.2 Å². The van der Waals surface area contributed by atoms with E-state index in [2.05, 4.69) is 15.9 Å². The van der Waals surface area contributed by atoms with Gasteiger partial charge in [0.1, 0.15) is 5.75 Å². The van der Waals surface area contributed by atoms with Crippen molar-refractivity contribution in [3.05, 3.63) is 46.4 Å². The van der Waals surface area contributed by atoms with Gasteiger partial charge in [-0.15, -0.1) is 0 Å². The Labute approximate surface area is 125 Å². The molecule has 0 spiro atoms. The second-order valence-electron chi connectivity index (χ2n) is 3.89. The lowest BCUT2D eigenvalue weighted by Crippen LogP contribution is -1.94. The summed E-state index contributed by atoms with van der Waals surface area (Å²) < 4.78 is 17.0. The van der Waals surface area contributed by atoms with E-state index in [9.17, 15) is 4.79 Å². The molecule has 0 aliphatic carbocycles. The molecule has 4 nitrogen and oxygen atoms in total. The van der Waals surface area contributed by atoms with Crippen LogP contribution >= 0.6 is 15.9 Å². The summed E-state index contributed by atoms with van der Waals surface area (Å²) >= 11 is 3.32. The molecule has 0 saturated carbocycles. The maximum Gasteiger partial charge on any atom is 0.210 e. The van der Waals surface area contributed by atoms with Gasteiger partial charge in [0, 0.05) is 10.0 Å². The highest BCUT2D eigenvalue weighted by molar-refractivity contribution is 9.10. The molecule has 0 amide bonds. The number of halogens is 1. The van der Waals surface area contributed by atoms with Crippen LogP contribution in [-0.4, -0.2) is 20.5 Å². The normalized spacial score (nSPS) is 9.95. The Morgan fingerprint density at radius 3 is 2.20 bits per heavy atom. The lowest BCUT2D eigenvalue weighted by molar-refractivity contribution is 0.112. The highest BCUT2D eigenvalue weighted by Crippen LogP contribution is 2.40. The zero-order valence-corrected chi connectivity index (χ0v) is 12.6. The van der Waals surface area contributed by atoms with Crippen LogP contribution in [0.5, 0.6) is 23.0 Å².